The number of amides is 5. The molecule has 2 N–H and O–H groups in total. The van der Waals surface area contributed by atoms with Crippen LogP contribution in [0.15, 0.2) is 55.6 Å². The van der Waals surface area contributed by atoms with Gasteiger partial charge in [-0.2, -0.15) is 0 Å². The van der Waals surface area contributed by atoms with Crippen molar-refractivity contribution in [1.29, 1.82) is 0 Å². The zero-order chi connectivity index (χ0) is 28.9. The molecule has 11 heteroatoms. The molecule has 2 rings (SSSR count). The summed E-state index contributed by atoms with van der Waals surface area (Å²) < 4.78 is 9.92. The lowest BCUT2D eigenvalue weighted by Gasteiger charge is -2.33. The van der Waals surface area contributed by atoms with Crippen LogP contribution in [0.1, 0.15) is 32.8 Å². The average Bonchev–Trinajstić information content (AvgIpc) is 3.65. The fourth-order valence-corrected chi connectivity index (χ4v) is 3.82. The van der Waals surface area contributed by atoms with Crippen molar-refractivity contribution in [3.63, 3.8) is 0 Å². The van der Waals surface area contributed by atoms with Crippen LogP contribution < -0.4 is 10.6 Å². The predicted octanol–water partition coefficient (Wildman–Crippen LogP) is 2.42. The summed E-state index contributed by atoms with van der Waals surface area (Å²) >= 11 is 0. The number of urea groups is 1. The Morgan fingerprint density at radius 3 is 2.26 bits per heavy atom. The highest BCUT2D eigenvalue weighted by Crippen LogP contribution is 2.23. The molecular formula is C28H38N4O7. The number of imide groups is 1. The first-order valence-corrected chi connectivity index (χ1v) is 12.8. The third-order valence-electron chi connectivity index (χ3n) is 5.83. The molecule has 3 atom stereocenters. The second kappa shape index (κ2) is 15.3. The van der Waals surface area contributed by atoms with E-state index < -0.39 is 48.5 Å². The van der Waals surface area contributed by atoms with Gasteiger partial charge in [0.1, 0.15) is 31.8 Å². The molecule has 1 saturated heterocycles. The number of nitrogens with zero attached hydrogens (tertiary/aromatic N) is 2. The summed E-state index contributed by atoms with van der Waals surface area (Å²) in [5.74, 6) is -2.22. The molecule has 0 spiro atoms. The van der Waals surface area contributed by atoms with Gasteiger partial charge in [-0.3, -0.25) is 14.4 Å². The van der Waals surface area contributed by atoms with Crippen molar-refractivity contribution in [1.82, 2.24) is 20.4 Å². The van der Waals surface area contributed by atoms with Gasteiger partial charge in [0.05, 0.1) is 0 Å². The van der Waals surface area contributed by atoms with Crippen LogP contribution >= 0.6 is 0 Å². The quantitative estimate of drug-likeness (QED) is 0.209. The molecule has 1 fully saturated rings. The van der Waals surface area contributed by atoms with E-state index in [0.29, 0.717) is 12.1 Å². The van der Waals surface area contributed by atoms with Crippen LogP contribution in [0.2, 0.25) is 0 Å². The van der Waals surface area contributed by atoms with E-state index in [4.69, 9.17) is 9.47 Å². The first kappa shape index (κ1) is 31.1. The Morgan fingerprint density at radius 1 is 1.08 bits per heavy atom. The van der Waals surface area contributed by atoms with Gasteiger partial charge in [0.25, 0.3) is 5.91 Å². The molecule has 0 bridgehead atoms. The zero-order valence-corrected chi connectivity index (χ0v) is 22.8. The van der Waals surface area contributed by atoms with Crippen molar-refractivity contribution in [2.45, 2.75) is 51.7 Å². The Kier molecular flexibility index (Phi) is 12.2. The SMILES string of the molecule is C=CCOC(=O)CNC(=O)[C@H](Cc1ccccc1)N(C(=O)[C@H](CC(C)C)NC(=O)OCC=C)C(=O)N1CC1C. The maximum atomic E-state index is 14.0. The van der Waals surface area contributed by atoms with E-state index in [2.05, 4.69) is 23.8 Å². The van der Waals surface area contributed by atoms with Gasteiger partial charge >= 0.3 is 18.1 Å². The van der Waals surface area contributed by atoms with Crippen molar-refractivity contribution < 1.29 is 33.4 Å². The summed E-state index contributed by atoms with van der Waals surface area (Å²) in [5.41, 5.74) is 0.690. The van der Waals surface area contributed by atoms with E-state index >= 15 is 0 Å². The first-order valence-electron chi connectivity index (χ1n) is 12.8. The molecule has 1 aliphatic rings. The normalized spacial score (nSPS) is 15.4. The van der Waals surface area contributed by atoms with Gasteiger partial charge in [-0.15, -0.1) is 0 Å². The van der Waals surface area contributed by atoms with Gasteiger partial charge in [0.15, 0.2) is 0 Å². The summed E-state index contributed by atoms with van der Waals surface area (Å²) in [6.07, 6.45) is 2.11. The molecule has 39 heavy (non-hydrogen) atoms. The lowest BCUT2D eigenvalue weighted by Crippen LogP contribution is -2.60. The molecule has 1 aromatic carbocycles. The smallest absolute Gasteiger partial charge is 0.408 e. The van der Waals surface area contributed by atoms with Crippen LogP contribution in [-0.2, 0) is 30.3 Å². The minimum absolute atomic E-state index is 0.0105. The number of alkyl carbamates (subject to hydrolysis) is 1. The van der Waals surface area contributed by atoms with Crippen LogP contribution in [0.25, 0.3) is 0 Å². The molecule has 212 valence electrons. The second-order valence-electron chi connectivity index (χ2n) is 9.60. The summed E-state index contributed by atoms with van der Waals surface area (Å²) in [4.78, 5) is 67.8. The highest BCUT2D eigenvalue weighted by molar-refractivity contribution is 6.03. The number of esters is 1. The molecule has 11 nitrogen and oxygen atoms in total. The van der Waals surface area contributed by atoms with Gasteiger partial charge in [-0.05, 0) is 24.8 Å². The highest BCUT2D eigenvalue weighted by atomic mass is 16.5. The number of carbonyl (C=O) groups is 5. The standard InChI is InChI=1S/C28H38N4O7/c1-6-13-38-24(33)17-29-25(34)23(16-21-11-9-8-10-12-21)32(28(37)31-18-20(31)5)26(35)22(15-19(3)4)30-27(36)39-14-7-2/h6-12,19-20,22-23H,1-2,13-18H2,3-5H3,(H,29,34)(H,30,36)/t20?,22-,23-,31?/m0/s1. The number of carbonyl (C=O) groups excluding carboxylic acids is 5. The van der Waals surface area contributed by atoms with Crippen LogP contribution in [0.3, 0.4) is 0 Å². The van der Waals surface area contributed by atoms with E-state index in [1.54, 1.807) is 30.3 Å². The number of nitrogens with one attached hydrogen (secondary N) is 2. The van der Waals surface area contributed by atoms with Gasteiger partial charge in [0.2, 0.25) is 5.91 Å². The largest absolute Gasteiger partial charge is 0.460 e. The van der Waals surface area contributed by atoms with Crippen molar-refractivity contribution in [2.75, 3.05) is 26.3 Å². The first-order chi connectivity index (χ1) is 18.6. The van der Waals surface area contributed by atoms with E-state index in [1.165, 1.54) is 17.1 Å². The van der Waals surface area contributed by atoms with Crippen LogP contribution in [-0.4, -0.2) is 84.1 Å². The molecule has 0 radical (unpaired) electrons. The van der Waals surface area contributed by atoms with Crippen molar-refractivity contribution in [3.8, 4) is 0 Å². The third kappa shape index (κ3) is 9.91. The monoisotopic (exact) mass is 542 g/mol. The van der Waals surface area contributed by atoms with Crippen molar-refractivity contribution in [3.05, 3.63) is 61.2 Å². The lowest BCUT2D eigenvalue weighted by molar-refractivity contribution is -0.144. The number of hydrogen-bond donors (Lipinski definition) is 2. The second-order valence-corrected chi connectivity index (χ2v) is 9.60. The molecule has 1 aromatic rings. The number of benzene rings is 1. The molecular weight excluding hydrogens is 504 g/mol. The molecule has 0 aromatic heterocycles. The Balaban J connectivity index is 2.44. The summed E-state index contributed by atoms with van der Waals surface area (Å²) in [6.45, 7) is 12.4. The van der Waals surface area contributed by atoms with E-state index in [-0.39, 0.29) is 38.0 Å². The average molecular weight is 543 g/mol. The molecule has 5 amide bonds. The Hall–Kier alpha value is -4.15. The minimum atomic E-state index is -1.31. The molecule has 0 saturated carbocycles. The van der Waals surface area contributed by atoms with E-state index in [1.807, 2.05) is 20.8 Å². The van der Waals surface area contributed by atoms with Crippen LogP contribution in [0.5, 0.6) is 0 Å². The predicted molar refractivity (Wildman–Crippen MR) is 144 cm³/mol. The number of rotatable bonds is 14. The molecule has 1 aliphatic heterocycles. The van der Waals surface area contributed by atoms with Gasteiger partial charge in [-0.25, -0.2) is 14.5 Å². The Labute approximate surface area is 229 Å². The molecule has 1 unspecified atom stereocenters. The van der Waals surface area contributed by atoms with Crippen molar-refractivity contribution in [2.24, 2.45) is 5.92 Å². The minimum Gasteiger partial charge on any atom is -0.460 e. The fraction of sp³-hybridized carbons (Fsp3) is 0.464. The van der Waals surface area contributed by atoms with E-state index in [0.717, 1.165) is 4.90 Å². The van der Waals surface area contributed by atoms with Crippen LogP contribution in [0.4, 0.5) is 9.59 Å². The summed E-state index contributed by atoms with van der Waals surface area (Å²) in [6, 6.07) is 5.65. The fourth-order valence-electron chi connectivity index (χ4n) is 3.82. The lowest BCUT2D eigenvalue weighted by atomic mass is 9.99. The van der Waals surface area contributed by atoms with Gasteiger partial charge in [-0.1, -0.05) is 69.5 Å². The highest BCUT2D eigenvalue weighted by Gasteiger charge is 2.46. The summed E-state index contributed by atoms with van der Waals surface area (Å²) in [7, 11) is 0. The molecule has 1 heterocycles. The maximum absolute atomic E-state index is 14.0. The number of ether oxygens (including phenoxy) is 2. The third-order valence-corrected chi connectivity index (χ3v) is 5.83. The Bertz CT molecular complexity index is 1040. The number of hydrogen-bond acceptors (Lipinski definition) is 7. The van der Waals surface area contributed by atoms with Crippen molar-refractivity contribution >= 4 is 29.9 Å². The van der Waals surface area contributed by atoms with Gasteiger partial charge in [0, 0.05) is 19.0 Å². The zero-order valence-electron chi connectivity index (χ0n) is 22.8. The van der Waals surface area contributed by atoms with Gasteiger partial charge < -0.3 is 25.0 Å². The van der Waals surface area contributed by atoms with E-state index in [9.17, 15) is 24.0 Å². The Morgan fingerprint density at radius 2 is 1.69 bits per heavy atom. The molecule has 0 aliphatic carbocycles. The summed E-state index contributed by atoms with van der Waals surface area (Å²) in [5, 5.41) is 5.02. The topological polar surface area (TPSA) is 134 Å². The maximum Gasteiger partial charge on any atom is 0.408 e. The van der Waals surface area contributed by atoms with Crippen LogP contribution in [0, 0.1) is 5.92 Å².